The minimum absolute atomic E-state index is 0.0759. The number of benzene rings is 1. The van der Waals surface area contributed by atoms with Crippen molar-refractivity contribution in [2.45, 2.75) is 13.0 Å². The van der Waals surface area contributed by atoms with Crippen molar-refractivity contribution >= 4 is 66.3 Å². The van der Waals surface area contributed by atoms with Gasteiger partial charge in [-0.1, -0.05) is 23.5 Å². The number of nitrogens with one attached hydrogen (secondary N) is 2. The fourth-order valence-corrected chi connectivity index (χ4v) is 5.85. The van der Waals surface area contributed by atoms with E-state index in [4.69, 9.17) is 0 Å². The summed E-state index contributed by atoms with van der Waals surface area (Å²) < 4.78 is 1.05. The standard InChI is InChI=1S/C20H17N5O2S3/c26-17(23-19-21-13-3-1-2-4-15(13)29-19)10-25-7-5-14-16(9-25)30-20(22-14)24-18(27)12-6-8-28-11-12/h1-4,6,8,11H,5,7,9-10H2,(H,21,23,26)(H,22,24,27). The van der Waals surface area contributed by atoms with Crippen LogP contribution in [-0.4, -0.2) is 39.8 Å². The minimum Gasteiger partial charge on any atom is -0.301 e. The van der Waals surface area contributed by atoms with E-state index in [-0.39, 0.29) is 11.8 Å². The van der Waals surface area contributed by atoms with Crippen LogP contribution in [0.3, 0.4) is 0 Å². The Bertz CT molecular complexity index is 1180. The zero-order valence-corrected chi connectivity index (χ0v) is 18.2. The molecule has 0 saturated heterocycles. The van der Waals surface area contributed by atoms with Crippen LogP contribution in [0.1, 0.15) is 20.9 Å². The zero-order valence-electron chi connectivity index (χ0n) is 15.8. The first-order valence-corrected chi connectivity index (χ1v) is 11.9. The van der Waals surface area contributed by atoms with Gasteiger partial charge in [-0.25, -0.2) is 9.97 Å². The maximum Gasteiger partial charge on any atom is 0.258 e. The summed E-state index contributed by atoms with van der Waals surface area (Å²) in [5.41, 5.74) is 2.53. The molecule has 10 heteroatoms. The molecule has 0 spiro atoms. The first kappa shape index (κ1) is 19.3. The van der Waals surface area contributed by atoms with Gasteiger partial charge in [-0.05, 0) is 23.6 Å². The number of amides is 2. The van der Waals surface area contributed by atoms with Crippen LogP contribution in [0, 0.1) is 0 Å². The van der Waals surface area contributed by atoms with E-state index in [0.29, 0.717) is 28.9 Å². The van der Waals surface area contributed by atoms with Crippen LogP contribution in [0.5, 0.6) is 0 Å². The second kappa shape index (κ2) is 8.23. The van der Waals surface area contributed by atoms with Crippen molar-refractivity contribution in [2.75, 3.05) is 23.7 Å². The number of aromatic nitrogens is 2. The van der Waals surface area contributed by atoms with Crippen LogP contribution >= 0.6 is 34.0 Å². The van der Waals surface area contributed by atoms with Crippen molar-refractivity contribution in [2.24, 2.45) is 0 Å². The number of rotatable bonds is 5. The number of anilines is 2. The smallest absolute Gasteiger partial charge is 0.258 e. The Morgan fingerprint density at radius 2 is 1.93 bits per heavy atom. The first-order chi connectivity index (χ1) is 14.6. The van der Waals surface area contributed by atoms with Gasteiger partial charge < -0.3 is 5.32 Å². The monoisotopic (exact) mass is 455 g/mol. The van der Waals surface area contributed by atoms with E-state index >= 15 is 0 Å². The predicted molar refractivity (Wildman–Crippen MR) is 122 cm³/mol. The summed E-state index contributed by atoms with van der Waals surface area (Å²) in [5.74, 6) is -0.220. The van der Waals surface area contributed by atoms with Crippen molar-refractivity contribution in [3.63, 3.8) is 0 Å². The third-order valence-electron chi connectivity index (χ3n) is 4.72. The number of hydrogen-bond donors (Lipinski definition) is 2. The highest BCUT2D eigenvalue weighted by Crippen LogP contribution is 2.29. The quantitative estimate of drug-likeness (QED) is 0.474. The SMILES string of the molecule is O=C(CN1CCc2nc(NC(=O)c3ccsc3)sc2C1)Nc1nc2ccccc2s1. The van der Waals surface area contributed by atoms with Gasteiger partial charge in [0.25, 0.3) is 5.91 Å². The molecule has 4 heterocycles. The van der Waals surface area contributed by atoms with Gasteiger partial charge in [0.15, 0.2) is 10.3 Å². The van der Waals surface area contributed by atoms with Gasteiger partial charge in [-0.2, -0.15) is 11.3 Å². The zero-order chi connectivity index (χ0) is 20.5. The van der Waals surface area contributed by atoms with Gasteiger partial charge in [0.05, 0.1) is 28.0 Å². The molecule has 0 radical (unpaired) electrons. The highest BCUT2D eigenvalue weighted by atomic mass is 32.1. The van der Waals surface area contributed by atoms with Crippen molar-refractivity contribution in [3.05, 3.63) is 57.2 Å². The fourth-order valence-electron chi connectivity index (χ4n) is 3.29. The highest BCUT2D eigenvalue weighted by Gasteiger charge is 2.23. The lowest BCUT2D eigenvalue weighted by molar-refractivity contribution is -0.117. The summed E-state index contributed by atoms with van der Waals surface area (Å²) in [6.07, 6.45) is 0.759. The second-order valence-corrected chi connectivity index (χ2v) is 9.74. The molecule has 5 rings (SSSR count). The molecular formula is C20H17N5O2S3. The molecule has 4 aromatic rings. The second-order valence-electron chi connectivity index (χ2n) is 6.85. The van der Waals surface area contributed by atoms with Gasteiger partial charge in [-0.3, -0.25) is 19.8 Å². The van der Waals surface area contributed by atoms with Crippen molar-refractivity contribution in [1.29, 1.82) is 0 Å². The minimum atomic E-state index is -0.144. The molecule has 3 aromatic heterocycles. The van der Waals surface area contributed by atoms with Gasteiger partial charge >= 0.3 is 0 Å². The topological polar surface area (TPSA) is 87.2 Å². The Hall–Kier alpha value is -2.66. The van der Waals surface area contributed by atoms with E-state index in [1.807, 2.05) is 35.0 Å². The molecule has 0 atom stereocenters. The molecule has 0 fully saturated rings. The van der Waals surface area contributed by atoms with Crippen molar-refractivity contribution in [1.82, 2.24) is 14.9 Å². The van der Waals surface area contributed by atoms with Crippen LogP contribution in [0.4, 0.5) is 10.3 Å². The molecular weight excluding hydrogens is 438 g/mol. The maximum absolute atomic E-state index is 12.5. The normalized spacial score (nSPS) is 13.9. The summed E-state index contributed by atoms with van der Waals surface area (Å²) in [4.78, 5) is 36.9. The number of para-hydroxylation sites is 1. The van der Waals surface area contributed by atoms with E-state index in [1.54, 1.807) is 6.07 Å². The molecule has 152 valence electrons. The number of fused-ring (bicyclic) bond motifs is 2. The first-order valence-electron chi connectivity index (χ1n) is 9.34. The molecule has 7 nitrogen and oxygen atoms in total. The molecule has 0 bridgehead atoms. The van der Waals surface area contributed by atoms with Gasteiger partial charge in [0.2, 0.25) is 5.91 Å². The Morgan fingerprint density at radius 3 is 2.77 bits per heavy atom. The highest BCUT2D eigenvalue weighted by molar-refractivity contribution is 7.22. The molecule has 1 aliphatic heterocycles. The van der Waals surface area contributed by atoms with E-state index < -0.39 is 0 Å². The Kier molecular flexibility index (Phi) is 5.30. The summed E-state index contributed by atoms with van der Waals surface area (Å²) in [7, 11) is 0. The van der Waals surface area contributed by atoms with Crippen LogP contribution < -0.4 is 10.6 Å². The summed E-state index contributed by atoms with van der Waals surface area (Å²) in [6, 6.07) is 9.62. The maximum atomic E-state index is 12.5. The van der Waals surface area contributed by atoms with Crippen LogP contribution in [0.25, 0.3) is 10.2 Å². The molecule has 0 saturated carbocycles. The average Bonchev–Trinajstić information content (AvgIpc) is 3.46. The summed E-state index contributed by atoms with van der Waals surface area (Å²) in [5, 5.41) is 10.7. The van der Waals surface area contributed by atoms with Gasteiger partial charge in [0.1, 0.15) is 0 Å². The number of thiophene rings is 1. The van der Waals surface area contributed by atoms with E-state index in [9.17, 15) is 9.59 Å². The van der Waals surface area contributed by atoms with E-state index in [2.05, 4.69) is 25.5 Å². The van der Waals surface area contributed by atoms with Crippen LogP contribution in [0.15, 0.2) is 41.1 Å². The molecule has 1 aromatic carbocycles. The molecule has 2 N–H and O–H groups in total. The van der Waals surface area contributed by atoms with E-state index in [0.717, 1.165) is 33.8 Å². The lowest BCUT2D eigenvalue weighted by Crippen LogP contribution is -2.36. The predicted octanol–water partition coefficient (Wildman–Crippen LogP) is 4.06. The van der Waals surface area contributed by atoms with Crippen molar-refractivity contribution < 1.29 is 9.59 Å². The largest absolute Gasteiger partial charge is 0.301 e. The van der Waals surface area contributed by atoms with E-state index in [1.165, 1.54) is 34.0 Å². The average molecular weight is 456 g/mol. The Balaban J connectivity index is 1.19. The third kappa shape index (κ3) is 4.12. The van der Waals surface area contributed by atoms with Crippen LogP contribution in [0.2, 0.25) is 0 Å². The Labute approximate surface area is 184 Å². The summed E-state index contributed by atoms with van der Waals surface area (Å²) >= 11 is 4.44. The molecule has 30 heavy (non-hydrogen) atoms. The van der Waals surface area contributed by atoms with Gasteiger partial charge in [-0.15, -0.1) is 11.3 Å². The lowest BCUT2D eigenvalue weighted by atomic mass is 10.2. The summed E-state index contributed by atoms with van der Waals surface area (Å²) in [6.45, 7) is 1.69. The fraction of sp³-hybridized carbons (Fsp3) is 0.200. The Morgan fingerprint density at radius 1 is 1.07 bits per heavy atom. The number of nitrogens with zero attached hydrogens (tertiary/aromatic N) is 3. The molecule has 0 unspecified atom stereocenters. The number of thiazole rings is 2. The van der Waals surface area contributed by atoms with Crippen LogP contribution in [-0.2, 0) is 17.8 Å². The number of carbonyl (C=O) groups excluding carboxylic acids is 2. The third-order valence-corrected chi connectivity index (χ3v) is 7.35. The number of hydrogen-bond acceptors (Lipinski definition) is 8. The molecule has 2 amide bonds. The molecule has 0 aliphatic carbocycles. The molecule has 1 aliphatic rings. The lowest BCUT2D eigenvalue weighted by Gasteiger charge is -2.24. The van der Waals surface area contributed by atoms with Gasteiger partial charge in [0, 0.05) is 29.8 Å². The number of carbonyl (C=O) groups is 2. The van der Waals surface area contributed by atoms with Crippen molar-refractivity contribution in [3.8, 4) is 0 Å².